The molecule has 28 heavy (non-hydrogen) atoms. The molecule has 9 heteroatoms. The first kappa shape index (κ1) is 18.7. The second-order valence-electron chi connectivity index (χ2n) is 6.85. The van der Waals surface area contributed by atoms with Gasteiger partial charge in [-0.25, -0.2) is 12.8 Å². The number of hydrogen-bond donors (Lipinski definition) is 1. The van der Waals surface area contributed by atoms with Crippen molar-refractivity contribution >= 4 is 27.4 Å². The van der Waals surface area contributed by atoms with Crippen LogP contribution < -0.4 is 9.80 Å². The monoisotopic (exact) mass is 404 g/mol. The molecule has 7 nitrogen and oxygen atoms in total. The standard InChI is InChI=1S/C19H18FN3O4S/c20-14-4-3-5-15(12-14)28(26,27)22-10-8-21(9-11-22)13-23-17-7-2-1-6-16(17)18(24)19(23)25/h1-7,12H,8-11,13H2/p+1. The molecule has 2 aliphatic heterocycles. The molecule has 2 aromatic carbocycles. The number of Topliss-reactive ketones (excluding diaryl/α,β-unsaturated/α-hetero) is 1. The Morgan fingerprint density at radius 3 is 2.43 bits per heavy atom. The summed E-state index contributed by atoms with van der Waals surface area (Å²) in [7, 11) is -3.76. The molecule has 2 aromatic rings. The van der Waals surface area contributed by atoms with Crippen LogP contribution in [-0.4, -0.2) is 57.3 Å². The van der Waals surface area contributed by atoms with Crippen LogP contribution in [0, 0.1) is 5.82 Å². The smallest absolute Gasteiger partial charge is 0.303 e. The number of sulfonamides is 1. The van der Waals surface area contributed by atoms with E-state index in [9.17, 15) is 22.4 Å². The fourth-order valence-corrected chi connectivity index (χ4v) is 5.08. The van der Waals surface area contributed by atoms with E-state index < -0.39 is 27.5 Å². The molecular formula is C19H19FN3O4S+. The summed E-state index contributed by atoms with van der Waals surface area (Å²) < 4.78 is 40.1. The lowest BCUT2D eigenvalue weighted by molar-refractivity contribution is -0.902. The number of nitrogens with one attached hydrogen (secondary N) is 1. The van der Waals surface area contributed by atoms with Crippen molar-refractivity contribution < 1.29 is 27.3 Å². The highest BCUT2D eigenvalue weighted by molar-refractivity contribution is 7.89. The van der Waals surface area contributed by atoms with Gasteiger partial charge in [0, 0.05) is 0 Å². The summed E-state index contributed by atoms with van der Waals surface area (Å²) in [6.45, 7) is 1.77. The number of amides is 1. The predicted octanol–water partition coefficient (Wildman–Crippen LogP) is -0.0981. The number of fused-ring (bicyclic) bond motifs is 1. The topological polar surface area (TPSA) is 79.2 Å². The van der Waals surface area contributed by atoms with Crippen molar-refractivity contribution in [2.24, 2.45) is 0 Å². The first-order chi connectivity index (χ1) is 13.4. The molecule has 1 amide bonds. The fourth-order valence-electron chi connectivity index (χ4n) is 3.61. The zero-order valence-corrected chi connectivity index (χ0v) is 15.8. The maximum Gasteiger partial charge on any atom is 0.303 e. The van der Waals surface area contributed by atoms with E-state index in [1.807, 2.05) is 0 Å². The molecule has 2 aliphatic rings. The molecule has 0 bridgehead atoms. The van der Waals surface area contributed by atoms with Gasteiger partial charge < -0.3 is 4.90 Å². The van der Waals surface area contributed by atoms with Crippen LogP contribution in [0.1, 0.15) is 10.4 Å². The molecule has 1 fully saturated rings. The van der Waals surface area contributed by atoms with Crippen LogP contribution in [0.15, 0.2) is 53.4 Å². The van der Waals surface area contributed by atoms with E-state index in [1.165, 1.54) is 27.4 Å². The molecule has 0 saturated carbocycles. The number of piperazine rings is 1. The van der Waals surface area contributed by atoms with Crippen molar-refractivity contribution in [1.82, 2.24) is 4.31 Å². The number of carbonyl (C=O) groups is 2. The van der Waals surface area contributed by atoms with Gasteiger partial charge in [0.1, 0.15) is 5.82 Å². The SMILES string of the molecule is O=C1C(=O)N(C[NH+]2CCN(S(=O)(=O)c3cccc(F)c3)CC2)c2ccccc21. The van der Waals surface area contributed by atoms with E-state index in [4.69, 9.17) is 0 Å². The van der Waals surface area contributed by atoms with Gasteiger partial charge in [-0.2, -0.15) is 4.31 Å². The third kappa shape index (κ3) is 3.21. The minimum atomic E-state index is -3.76. The fraction of sp³-hybridized carbons (Fsp3) is 0.263. The Bertz CT molecular complexity index is 1050. The van der Waals surface area contributed by atoms with Gasteiger partial charge >= 0.3 is 5.91 Å². The molecule has 1 saturated heterocycles. The minimum absolute atomic E-state index is 0.0646. The average Bonchev–Trinajstić information content (AvgIpc) is 2.94. The van der Waals surface area contributed by atoms with Crippen molar-refractivity contribution in [2.45, 2.75) is 4.90 Å². The zero-order valence-electron chi connectivity index (χ0n) is 15.0. The van der Waals surface area contributed by atoms with Gasteiger partial charge in [0.15, 0.2) is 6.67 Å². The maximum absolute atomic E-state index is 13.4. The van der Waals surface area contributed by atoms with Crippen LogP contribution >= 0.6 is 0 Å². The number of quaternary nitrogens is 1. The van der Waals surface area contributed by atoms with Gasteiger partial charge in [0.2, 0.25) is 10.0 Å². The first-order valence-electron chi connectivity index (χ1n) is 8.92. The summed E-state index contributed by atoms with van der Waals surface area (Å²) >= 11 is 0. The van der Waals surface area contributed by atoms with Crippen LogP contribution in [-0.2, 0) is 14.8 Å². The Morgan fingerprint density at radius 2 is 1.71 bits per heavy atom. The number of carbonyl (C=O) groups excluding carboxylic acids is 2. The summed E-state index contributed by atoms with van der Waals surface area (Å²) in [5, 5.41) is 0. The molecule has 0 unspecified atom stereocenters. The lowest BCUT2D eigenvalue weighted by atomic mass is 10.1. The molecule has 0 spiro atoms. The third-order valence-corrected chi connectivity index (χ3v) is 7.02. The Hall–Kier alpha value is -2.62. The van der Waals surface area contributed by atoms with E-state index in [0.29, 0.717) is 31.0 Å². The quantitative estimate of drug-likeness (QED) is 0.722. The Morgan fingerprint density at radius 1 is 1.00 bits per heavy atom. The van der Waals surface area contributed by atoms with Crippen molar-refractivity contribution in [3.8, 4) is 0 Å². The Balaban J connectivity index is 1.44. The van der Waals surface area contributed by atoms with Crippen LogP contribution in [0.25, 0.3) is 0 Å². The molecule has 1 N–H and O–H groups in total. The number of rotatable bonds is 4. The summed E-state index contributed by atoms with van der Waals surface area (Å²) in [4.78, 5) is 26.8. The van der Waals surface area contributed by atoms with Crippen LogP contribution in [0.4, 0.5) is 10.1 Å². The summed E-state index contributed by atoms with van der Waals surface area (Å²) in [5.41, 5.74) is 0.999. The highest BCUT2D eigenvalue weighted by Gasteiger charge is 2.39. The van der Waals surface area contributed by atoms with E-state index in [1.54, 1.807) is 24.3 Å². The molecule has 146 valence electrons. The minimum Gasteiger partial charge on any atom is -0.315 e. The lowest BCUT2D eigenvalue weighted by Gasteiger charge is -2.33. The van der Waals surface area contributed by atoms with Crippen LogP contribution in [0.2, 0.25) is 0 Å². The summed E-state index contributed by atoms with van der Waals surface area (Å²) in [6, 6.07) is 11.8. The van der Waals surface area contributed by atoms with Gasteiger partial charge in [-0.05, 0) is 30.3 Å². The van der Waals surface area contributed by atoms with E-state index in [-0.39, 0.29) is 18.0 Å². The number of ketones is 1. The largest absolute Gasteiger partial charge is 0.315 e. The molecule has 4 rings (SSSR count). The van der Waals surface area contributed by atoms with Crippen molar-refractivity contribution in [3.05, 3.63) is 59.9 Å². The highest BCUT2D eigenvalue weighted by Crippen LogP contribution is 2.27. The van der Waals surface area contributed by atoms with Gasteiger partial charge in [-0.1, -0.05) is 18.2 Å². The molecule has 2 heterocycles. The average molecular weight is 404 g/mol. The Labute approximate surface area is 162 Å². The Kier molecular flexibility index (Phi) is 4.74. The number of para-hydroxylation sites is 1. The summed E-state index contributed by atoms with van der Waals surface area (Å²) in [5.74, 6) is -1.66. The maximum atomic E-state index is 13.4. The van der Waals surface area contributed by atoms with Crippen molar-refractivity contribution in [2.75, 3.05) is 37.7 Å². The predicted molar refractivity (Wildman–Crippen MR) is 99.0 cm³/mol. The number of benzene rings is 2. The normalized spacial score (nSPS) is 18.5. The van der Waals surface area contributed by atoms with Gasteiger partial charge in [-0.15, -0.1) is 0 Å². The summed E-state index contributed by atoms with van der Waals surface area (Å²) in [6.07, 6.45) is 0. The van der Waals surface area contributed by atoms with E-state index in [0.717, 1.165) is 11.0 Å². The lowest BCUT2D eigenvalue weighted by Crippen LogP contribution is -3.16. The molecule has 0 atom stereocenters. The van der Waals surface area contributed by atoms with Gasteiger partial charge in [-0.3, -0.25) is 14.5 Å². The van der Waals surface area contributed by atoms with Gasteiger partial charge in [0.05, 0.1) is 42.3 Å². The van der Waals surface area contributed by atoms with E-state index >= 15 is 0 Å². The molecular weight excluding hydrogens is 385 g/mol. The molecule has 0 aromatic heterocycles. The van der Waals surface area contributed by atoms with Crippen molar-refractivity contribution in [1.29, 1.82) is 0 Å². The number of halogens is 1. The first-order valence-corrected chi connectivity index (χ1v) is 10.4. The molecule has 0 aliphatic carbocycles. The highest BCUT2D eigenvalue weighted by atomic mass is 32.2. The zero-order chi connectivity index (χ0) is 19.9. The molecule has 0 radical (unpaired) electrons. The van der Waals surface area contributed by atoms with Gasteiger partial charge in [0.25, 0.3) is 5.78 Å². The number of anilines is 1. The second kappa shape index (κ2) is 7.08. The van der Waals surface area contributed by atoms with Crippen LogP contribution in [0.5, 0.6) is 0 Å². The number of nitrogens with zero attached hydrogens (tertiary/aromatic N) is 2. The van der Waals surface area contributed by atoms with Crippen molar-refractivity contribution in [3.63, 3.8) is 0 Å². The third-order valence-electron chi connectivity index (χ3n) is 5.12. The van der Waals surface area contributed by atoms with E-state index in [2.05, 4.69) is 0 Å². The van der Waals surface area contributed by atoms with Crippen LogP contribution in [0.3, 0.4) is 0 Å². The second-order valence-corrected chi connectivity index (χ2v) is 8.79. The number of hydrogen-bond acceptors (Lipinski definition) is 4.